The molecule has 1 fully saturated rings. The second-order valence-electron chi connectivity index (χ2n) is 12.8. The number of rotatable bonds is 12. The van der Waals surface area contributed by atoms with Gasteiger partial charge < -0.3 is 14.8 Å². The summed E-state index contributed by atoms with van der Waals surface area (Å²) in [6.45, 7) is 7.74. The van der Waals surface area contributed by atoms with Crippen LogP contribution < -0.4 is 14.8 Å². The van der Waals surface area contributed by atoms with Crippen LogP contribution in [0.5, 0.6) is 23.0 Å². The van der Waals surface area contributed by atoms with E-state index in [-0.39, 0.29) is 29.3 Å². The lowest BCUT2D eigenvalue weighted by molar-refractivity contribution is -0.117. The highest BCUT2D eigenvalue weighted by atomic mass is 16.5. The molecule has 0 bridgehead atoms. The topological polar surface area (TPSA) is 81.7 Å². The molecule has 0 radical (unpaired) electrons. The standard InChI is InChI=1S/C41H43NO5/c1-28-26-31(12-22-37(28)46-35-18-14-33(15-19-35)41(4)24-8-5-9-25-41)40(45)32-13-23-38(29(2)27-32)47-36-20-16-34(17-21-36)42-39(44)11-7-6-10-30(3)43/h6-7,12-23,26-27H,5,8-11,24-25H2,1-4H3,(H,42,44)/b7-6+. The Balaban J connectivity index is 1.17. The molecule has 1 aliphatic rings. The molecule has 0 spiro atoms. The number of hydrogen-bond donors (Lipinski definition) is 1. The Morgan fingerprint density at radius 2 is 1.21 bits per heavy atom. The molecule has 4 aromatic carbocycles. The van der Waals surface area contributed by atoms with Gasteiger partial charge in [-0.15, -0.1) is 0 Å². The second-order valence-corrected chi connectivity index (χ2v) is 12.8. The molecular formula is C41H43NO5. The van der Waals surface area contributed by atoms with Crippen LogP contribution in [-0.4, -0.2) is 17.5 Å². The summed E-state index contributed by atoms with van der Waals surface area (Å²) in [5.41, 5.74) is 5.16. The van der Waals surface area contributed by atoms with Crippen molar-refractivity contribution in [2.45, 2.75) is 78.1 Å². The first-order chi connectivity index (χ1) is 22.6. The Morgan fingerprint density at radius 3 is 1.72 bits per heavy atom. The number of anilines is 1. The van der Waals surface area contributed by atoms with Crippen molar-refractivity contribution in [3.63, 3.8) is 0 Å². The van der Waals surface area contributed by atoms with Crippen molar-refractivity contribution in [2.24, 2.45) is 0 Å². The van der Waals surface area contributed by atoms with Gasteiger partial charge in [-0.25, -0.2) is 0 Å². The minimum Gasteiger partial charge on any atom is -0.457 e. The quantitative estimate of drug-likeness (QED) is 0.125. The van der Waals surface area contributed by atoms with E-state index in [1.165, 1.54) is 44.6 Å². The third-order valence-corrected chi connectivity index (χ3v) is 8.85. The summed E-state index contributed by atoms with van der Waals surface area (Å²) in [6.07, 6.45) is 10.3. The van der Waals surface area contributed by atoms with E-state index in [2.05, 4.69) is 24.4 Å². The van der Waals surface area contributed by atoms with Crippen molar-refractivity contribution in [1.82, 2.24) is 0 Å². The number of amides is 1. The monoisotopic (exact) mass is 629 g/mol. The molecule has 1 saturated carbocycles. The molecule has 0 atom stereocenters. The molecule has 0 saturated heterocycles. The molecule has 6 heteroatoms. The van der Waals surface area contributed by atoms with E-state index in [0.29, 0.717) is 34.7 Å². The van der Waals surface area contributed by atoms with E-state index in [9.17, 15) is 14.4 Å². The Kier molecular flexibility index (Phi) is 10.7. The number of allylic oxidation sites excluding steroid dienone is 1. The SMILES string of the molecule is CC(=O)C/C=C/CC(=O)Nc1ccc(Oc2ccc(C(=O)c3ccc(Oc4ccc(C5(C)CCCCC5)cc4)c(C)c3)cc2C)cc1. The molecule has 5 rings (SSSR count). The lowest BCUT2D eigenvalue weighted by Gasteiger charge is -2.34. The highest BCUT2D eigenvalue weighted by Crippen LogP contribution is 2.40. The minimum absolute atomic E-state index is 0.0561. The molecule has 4 aromatic rings. The third-order valence-electron chi connectivity index (χ3n) is 8.85. The van der Waals surface area contributed by atoms with E-state index < -0.39 is 0 Å². The summed E-state index contributed by atoms with van der Waals surface area (Å²) in [5.74, 6) is 2.57. The van der Waals surface area contributed by atoms with Crippen molar-refractivity contribution >= 4 is 23.2 Å². The summed E-state index contributed by atoms with van der Waals surface area (Å²) in [4.78, 5) is 36.5. The Bertz CT molecular complexity index is 1760. The maximum Gasteiger partial charge on any atom is 0.228 e. The molecule has 47 heavy (non-hydrogen) atoms. The van der Waals surface area contributed by atoms with E-state index in [4.69, 9.17) is 9.47 Å². The van der Waals surface area contributed by atoms with Gasteiger partial charge in [-0.05, 0) is 129 Å². The summed E-state index contributed by atoms with van der Waals surface area (Å²) in [6, 6.07) is 26.5. The number of carbonyl (C=O) groups excluding carboxylic acids is 3. The molecule has 1 aliphatic carbocycles. The number of benzene rings is 4. The average Bonchev–Trinajstić information content (AvgIpc) is 3.06. The van der Waals surface area contributed by atoms with Crippen LogP contribution in [0.25, 0.3) is 0 Å². The Morgan fingerprint density at radius 1 is 0.702 bits per heavy atom. The maximum atomic E-state index is 13.4. The average molecular weight is 630 g/mol. The molecule has 0 aromatic heterocycles. The van der Waals surface area contributed by atoms with Gasteiger partial charge in [-0.2, -0.15) is 0 Å². The lowest BCUT2D eigenvalue weighted by Crippen LogP contribution is -2.24. The molecule has 1 amide bonds. The van der Waals surface area contributed by atoms with Gasteiger partial charge in [0.2, 0.25) is 5.91 Å². The van der Waals surface area contributed by atoms with Gasteiger partial charge in [-0.1, -0.05) is 50.5 Å². The van der Waals surface area contributed by atoms with Crippen molar-refractivity contribution < 1.29 is 23.9 Å². The fourth-order valence-corrected chi connectivity index (χ4v) is 6.04. The summed E-state index contributed by atoms with van der Waals surface area (Å²) in [5, 5.41) is 2.83. The third kappa shape index (κ3) is 8.85. The number of ether oxygens (including phenoxy) is 2. The van der Waals surface area contributed by atoms with Gasteiger partial charge in [0.25, 0.3) is 0 Å². The molecule has 242 valence electrons. The van der Waals surface area contributed by atoms with Gasteiger partial charge in [0.1, 0.15) is 28.8 Å². The van der Waals surface area contributed by atoms with Crippen LogP contribution in [0.3, 0.4) is 0 Å². The second kappa shape index (κ2) is 15.1. The van der Waals surface area contributed by atoms with Crippen LogP contribution in [0.1, 0.15) is 91.4 Å². The predicted octanol–water partition coefficient (Wildman–Crippen LogP) is 10.2. The van der Waals surface area contributed by atoms with Crippen molar-refractivity contribution in [1.29, 1.82) is 0 Å². The number of Topliss-reactive ketones (excluding diaryl/α,β-unsaturated/α-hetero) is 1. The normalized spacial score (nSPS) is 14.0. The molecule has 0 unspecified atom stereocenters. The van der Waals surface area contributed by atoms with Crippen molar-refractivity contribution in [2.75, 3.05) is 5.32 Å². The van der Waals surface area contributed by atoms with Crippen LogP contribution in [0, 0.1) is 13.8 Å². The molecule has 6 nitrogen and oxygen atoms in total. The zero-order chi connectivity index (χ0) is 33.4. The Hall–Kier alpha value is -4.97. The number of ketones is 2. The predicted molar refractivity (Wildman–Crippen MR) is 187 cm³/mol. The van der Waals surface area contributed by atoms with Crippen LogP contribution in [0.15, 0.2) is 97.1 Å². The van der Waals surface area contributed by atoms with E-state index in [1.54, 1.807) is 48.6 Å². The number of carbonyl (C=O) groups is 3. The summed E-state index contributed by atoms with van der Waals surface area (Å²) in [7, 11) is 0. The van der Waals surface area contributed by atoms with E-state index in [0.717, 1.165) is 22.6 Å². The minimum atomic E-state index is -0.166. The van der Waals surface area contributed by atoms with Crippen LogP contribution in [-0.2, 0) is 15.0 Å². The zero-order valence-corrected chi connectivity index (χ0v) is 27.7. The molecule has 0 heterocycles. The fourth-order valence-electron chi connectivity index (χ4n) is 6.04. The van der Waals surface area contributed by atoms with Crippen molar-refractivity contribution in [3.8, 4) is 23.0 Å². The molecule has 0 aliphatic heterocycles. The van der Waals surface area contributed by atoms with Gasteiger partial charge >= 0.3 is 0 Å². The largest absolute Gasteiger partial charge is 0.457 e. The van der Waals surface area contributed by atoms with Gasteiger partial charge in [-0.3, -0.25) is 14.4 Å². The first-order valence-electron chi connectivity index (χ1n) is 16.4. The van der Waals surface area contributed by atoms with E-state index in [1.807, 2.05) is 50.2 Å². The van der Waals surface area contributed by atoms with Gasteiger partial charge in [0, 0.05) is 29.7 Å². The smallest absolute Gasteiger partial charge is 0.228 e. The van der Waals surface area contributed by atoms with Crippen LogP contribution in [0.4, 0.5) is 5.69 Å². The highest BCUT2D eigenvalue weighted by Gasteiger charge is 2.28. The first-order valence-corrected chi connectivity index (χ1v) is 16.4. The first kappa shape index (κ1) is 33.4. The fraction of sp³-hybridized carbons (Fsp3) is 0.293. The number of nitrogens with one attached hydrogen (secondary N) is 1. The summed E-state index contributed by atoms with van der Waals surface area (Å²) < 4.78 is 12.3. The molecular weight excluding hydrogens is 586 g/mol. The number of aryl methyl sites for hydroxylation is 2. The lowest BCUT2D eigenvalue weighted by atomic mass is 9.71. The maximum absolute atomic E-state index is 13.4. The molecule has 1 N–H and O–H groups in total. The zero-order valence-electron chi connectivity index (χ0n) is 27.7. The highest BCUT2D eigenvalue weighted by molar-refractivity contribution is 6.09. The Labute approximate surface area is 277 Å². The van der Waals surface area contributed by atoms with Crippen LogP contribution >= 0.6 is 0 Å². The van der Waals surface area contributed by atoms with Crippen molar-refractivity contribution in [3.05, 3.63) is 125 Å². The van der Waals surface area contributed by atoms with Crippen LogP contribution in [0.2, 0.25) is 0 Å². The van der Waals surface area contributed by atoms with E-state index >= 15 is 0 Å². The van der Waals surface area contributed by atoms with Gasteiger partial charge in [0.15, 0.2) is 5.78 Å². The summed E-state index contributed by atoms with van der Waals surface area (Å²) >= 11 is 0. The number of hydrogen-bond acceptors (Lipinski definition) is 5. The van der Waals surface area contributed by atoms with Gasteiger partial charge in [0.05, 0.1) is 0 Å².